The Balaban J connectivity index is 2.01. The van der Waals surface area contributed by atoms with E-state index in [4.69, 9.17) is 18.9 Å². The van der Waals surface area contributed by atoms with Crippen LogP contribution in [0.4, 0.5) is 0 Å². The first-order valence-electron chi connectivity index (χ1n) is 7.23. The summed E-state index contributed by atoms with van der Waals surface area (Å²) in [6.45, 7) is 4.33. The van der Waals surface area contributed by atoms with E-state index in [0.29, 0.717) is 0 Å². The van der Waals surface area contributed by atoms with Crippen molar-refractivity contribution in [1.82, 2.24) is 4.98 Å². The minimum Gasteiger partial charge on any atom is -0.461 e. The molecule has 0 atom stereocenters. The average Bonchev–Trinajstić information content (AvgIpc) is 3.16. The summed E-state index contributed by atoms with van der Waals surface area (Å²) in [7, 11) is 0. The van der Waals surface area contributed by atoms with Gasteiger partial charge in [-0.25, -0.2) is 4.98 Å². The number of nitrogens with zero attached hydrogens (tertiary/aromatic N) is 1. The van der Waals surface area contributed by atoms with E-state index in [9.17, 15) is 0 Å². The molecule has 1 aromatic heterocycles. The van der Waals surface area contributed by atoms with Crippen LogP contribution in [-0.2, 0) is 0 Å². The van der Waals surface area contributed by atoms with Gasteiger partial charge in [0.15, 0.2) is 11.5 Å². The molecule has 4 nitrogen and oxygen atoms in total. The van der Waals surface area contributed by atoms with Gasteiger partial charge in [0, 0.05) is 16.8 Å². The third-order valence-electron chi connectivity index (χ3n) is 4.26. The molecular weight excluding hydrogens is 278 g/mol. The quantitative estimate of drug-likeness (QED) is 0.480. The largest absolute Gasteiger partial charge is 0.461 e. The summed E-state index contributed by atoms with van der Waals surface area (Å²) in [5, 5.41) is 2.16. The number of aryl methyl sites for hydroxylation is 2. The van der Waals surface area contributed by atoms with Gasteiger partial charge in [-0.2, -0.15) is 0 Å². The highest BCUT2D eigenvalue weighted by Crippen LogP contribution is 2.43. The van der Waals surface area contributed by atoms with Gasteiger partial charge in [0.2, 0.25) is 6.79 Å². The molecule has 1 aromatic carbocycles. The maximum absolute atomic E-state index is 6.00. The number of hydrogen-bond acceptors (Lipinski definition) is 4. The van der Waals surface area contributed by atoms with E-state index < -0.39 is 0 Å². The van der Waals surface area contributed by atoms with Crippen molar-refractivity contribution < 1.29 is 13.9 Å². The average molecular weight is 291 g/mol. The lowest BCUT2D eigenvalue weighted by molar-refractivity contribution is 0.174. The number of hydrogen-bond donors (Lipinski definition) is 0. The Morgan fingerprint density at radius 2 is 1.77 bits per heavy atom. The second-order valence-electron chi connectivity index (χ2n) is 5.71. The first-order valence-corrected chi connectivity index (χ1v) is 7.23. The van der Waals surface area contributed by atoms with Crippen molar-refractivity contribution >= 4 is 21.9 Å². The second-order valence-corrected chi connectivity index (χ2v) is 5.71. The molecule has 5 rings (SSSR count). The zero-order valence-electron chi connectivity index (χ0n) is 12.3. The van der Waals surface area contributed by atoms with E-state index in [1.165, 1.54) is 5.56 Å². The van der Waals surface area contributed by atoms with Gasteiger partial charge >= 0.3 is 0 Å². The topological polar surface area (TPSA) is 44.5 Å². The SMILES string of the molecule is Cc1cc2c(C)ccc3nc4cc5c(cc4c-3c2o1)OCO5. The van der Waals surface area contributed by atoms with Crippen molar-refractivity contribution in [2.24, 2.45) is 0 Å². The van der Waals surface area contributed by atoms with Crippen molar-refractivity contribution in [2.45, 2.75) is 13.8 Å². The van der Waals surface area contributed by atoms with Gasteiger partial charge in [-0.15, -0.1) is 0 Å². The standard InChI is InChI=1S/C18H13NO3/c1-9-3-4-13-17(18-11(9)5-10(2)22-18)12-6-15-16(21-8-20-15)7-14(12)19-13/h3-7H,8H2,1-2H3. The maximum Gasteiger partial charge on any atom is 0.231 e. The summed E-state index contributed by atoms with van der Waals surface area (Å²) in [5.74, 6) is 2.42. The molecule has 0 radical (unpaired) electrons. The number of rotatable bonds is 0. The number of fused-ring (bicyclic) bond motifs is 6. The van der Waals surface area contributed by atoms with Gasteiger partial charge in [0.05, 0.1) is 16.8 Å². The zero-order chi connectivity index (χ0) is 14.8. The smallest absolute Gasteiger partial charge is 0.231 e. The molecule has 0 saturated carbocycles. The molecule has 0 bridgehead atoms. The van der Waals surface area contributed by atoms with Crippen LogP contribution < -0.4 is 9.47 Å². The maximum atomic E-state index is 6.00. The van der Waals surface area contributed by atoms with Crippen LogP contribution >= 0.6 is 0 Å². The Bertz CT molecular complexity index is 1030. The molecule has 0 fully saturated rings. The highest BCUT2D eigenvalue weighted by atomic mass is 16.7. The first-order chi connectivity index (χ1) is 10.7. The molecule has 0 amide bonds. The number of ether oxygens (including phenoxy) is 2. The fraction of sp³-hybridized carbons (Fsp3) is 0.167. The summed E-state index contributed by atoms with van der Waals surface area (Å²) in [6, 6.07) is 10.1. The second kappa shape index (κ2) is 3.91. The molecule has 0 unspecified atom stereocenters. The minimum atomic E-state index is 0.266. The van der Waals surface area contributed by atoms with Crippen LogP contribution in [0.5, 0.6) is 11.5 Å². The molecule has 3 aliphatic rings. The van der Waals surface area contributed by atoms with Crippen molar-refractivity contribution in [3.8, 4) is 22.8 Å². The highest BCUT2D eigenvalue weighted by Gasteiger charge is 2.22. The highest BCUT2D eigenvalue weighted by molar-refractivity contribution is 6.09. The lowest BCUT2D eigenvalue weighted by Gasteiger charge is -1.97. The van der Waals surface area contributed by atoms with Crippen LogP contribution in [0, 0.1) is 13.8 Å². The van der Waals surface area contributed by atoms with E-state index >= 15 is 0 Å². The molecule has 0 saturated heterocycles. The van der Waals surface area contributed by atoms with E-state index in [0.717, 1.165) is 50.4 Å². The summed E-state index contributed by atoms with van der Waals surface area (Å²) in [6.07, 6.45) is 0. The Morgan fingerprint density at radius 1 is 0.955 bits per heavy atom. The van der Waals surface area contributed by atoms with Gasteiger partial charge in [0.1, 0.15) is 11.3 Å². The van der Waals surface area contributed by atoms with Gasteiger partial charge in [-0.3, -0.25) is 0 Å². The van der Waals surface area contributed by atoms with Crippen molar-refractivity contribution in [3.63, 3.8) is 0 Å². The molecule has 108 valence electrons. The summed E-state index contributed by atoms with van der Waals surface area (Å²) in [5.41, 5.74) is 4.92. The third kappa shape index (κ3) is 1.44. The molecular formula is C18H13NO3. The van der Waals surface area contributed by atoms with Crippen molar-refractivity contribution in [1.29, 1.82) is 0 Å². The Kier molecular flexibility index (Phi) is 2.11. The third-order valence-corrected chi connectivity index (χ3v) is 4.26. The van der Waals surface area contributed by atoms with Gasteiger partial charge in [-0.05, 0) is 37.6 Å². The molecule has 2 aromatic rings. The van der Waals surface area contributed by atoms with E-state index in [-0.39, 0.29) is 6.79 Å². The fourth-order valence-electron chi connectivity index (χ4n) is 3.19. The Labute approximate surface area is 126 Å². The predicted molar refractivity (Wildman–Crippen MR) is 83.7 cm³/mol. The van der Waals surface area contributed by atoms with Gasteiger partial charge in [0.25, 0.3) is 0 Å². The molecule has 1 aliphatic carbocycles. The lowest BCUT2D eigenvalue weighted by Crippen LogP contribution is -1.92. The fourth-order valence-corrected chi connectivity index (χ4v) is 3.19. The zero-order valence-corrected chi connectivity index (χ0v) is 12.3. The molecule has 4 heteroatoms. The molecule has 0 N–H and O–H groups in total. The van der Waals surface area contributed by atoms with Crippen LogP contribution in [0.25, 0.3) is 33.1 Å². The Hall–Kier alpha value is -2.75. The summed E-state index contributed by atoms with van der Waals surface area (Å²) in [4.78, 5) is 4.74. The minimum absolute atomic E-state index is 0.266. The van der Waals surface area contributed by atoms with Crippen molar-refractivity contribution in [2.75, 3.05) is 6.79 Å². The van der Waals surface area contributed by atoms with Crippen LogP contribution in [0.2, 0.25) is 0 Å². The van der Waals surface area contributed by atoms with Crippen LogP contribution in [0.15, 0.2) is 34.7 Å². The van der Waals surface area contributed by atoms with Crippen LogP contribution in [0.1, 0.15) is 11.3 Å². The number of benzene rings is 1. The van der Waals surface area contributed by atoms with Gasteiger partial charge in [-0.1, -0.05) is 6.07 Å². The normalized spacial score (nSPS) is 13.5. The van der Waals surface area contributed by atoms with Crippen LogP contribution in [0.3, 0.4) is 0 Å². The molecule has 3 heterocycles. The number of aromatic nitrogens is 1. The predicted octanol–water partition coefficient (Wildman–Crippen LogP) is 4.43. The van der Waals surface area contributed by atoms with E-state index in [2.05, 4.69) is 19.1 Å². The molecule has 2 aliphatic heterocycles. The summed E-state index contributed by atoms with van der Waals surface area (Å²) < 4.78 is 17.0. The van der Waals surface area contributed by atoms with Gasteiger partial charge < -0.3 is 13.9 Å². The lowest BCUT2D eigenvalue weighted by atomic mass is 10.1. The molecule has 0 spiro atoms. The van der Waals surface area contributed by atoms with Crippen LogP contribution in [-0.4, -0.2) is 11.8 Å². The monoisotopic (exact) mass is 291 g/mol. The number of furan rings is 1. The van der Waals surface area contributed by atoms with E-state index in [1.54, 1.807) is 0 Å². The first kappa shape index (κ1) is 11.9. The summed E-state index contributed by atoms with van der Waals surface area (Å²) >= 11 is 0. The Morgan fingerprint density at radius 3 is 2.64 bits per heavy atom. The molecule has 22 heavy (non-hydrogen) atoms. The van der Waals surface area contributed by atoms with E-state index in [1.807, 2.05) is 25.1 Å². The van der Waals surface area contributed by atoms with Crippen molar-refractivity contribution in [3.05, 3.63) is 41.7 Å².